The Bertz CT molecular complexity index is 734. The molecule has 1 aromatic carbocycles. The highest BCUT2D eigenvalue weighted by molar-refractivity contribution is 6.04. The first-order valence-corrected chi connectivity index (χ1v) is 8.53. The lowest BCUT2D eigenvalue weighted by molar-refractivity contribution is 0.102. The van der Waals surface area contributed by atoms with Crippen LogP contribution in [0.4, 0.5) is 11.5 Å². The Hall–Kier alpha value is -2.80. The number of rotatable bonds is 5. The number of aromatic nitrogens is 1. The van der Waals surface area contributed by atoms with Gasteiger partial charge >= 0.3 is 0 Å². The van der Waals surface area contributed by atoms with Gasteiger partial charge in [0.2, 0.25) is 0 Å². The van der Waals surface area contributed by atoms with E-state index in [0.717, 1.165) is 31.9 Å². The van der Waals surface area contributed by atoms with E-state index in [1.807, 2.05) is 12.1 Å². The molecule has 0 aliphatic carbocycles. The molecule has 26 heavy (non-hydrogen) atoms. The zero-order valence-corrected chi connectivity index (χ0v) is 15.4. The zero-order chi connectivity index (χ0) is 18.5. The van der Waals surface area contributed by atoms with Crippen molar-refractivity contribution in [1.29, 1.82) is 0 Å². The summed E-state index contributed by atoms with van der Waals surface area (Å²) in [7, 11) is 5.23. The maximum atomic E-state index is 12.5. The second-order valence-corrected chi connectivity index (χ2v) is 6.25. The second-order valence-electron chi connectivity index (χ2n) is 6.25. The highest BCUT2D eigenvalue weighted by Gasteiger charge is 2.15. The molecule has 0 bridgehead atoms. The number of benzene rings is 1. The number of piperazine rings is 1. The number of anilines is 2. The summed E-state index contributed by atoms with van der Waals surface area (Å²) in [6.45, 7) is 4.04. The monoisotopic (exact) mass is 356 g/mol. The van der Waals surface area contributed by atoms with Gasteiger partial charge in [0.1, 0.15) is 17.3 Å². The fourth-order valence-electron chi connectivity index (χ4n) is 2.84. The van der Waals surface area contributed by atoms with Crippen LogP contribution in [0.25, 0.3) is 0 Å². The molecule has 1 saturated heterocycles. The van der Waals surface area contributed by atoms with E-state index in [0.29, 0.717) is 22.9 Å². The first-order chi connectivity index (χ1) is 12.6. The van der Waals surface area contributed by atoms with Crippen LogP contribution in [0.2, 0.25) is 0 Å². The maximum Gasteiger partial charge on any atom is 0.257 e. The molecule has 0 atom stereocenters. The predicted octanol–water partition coefficient (Wildman–Crippen LogP) is 2.10. The van der Waals surface area contributed by atoms with Gasteiger partial charge in [-0.1, -0.05) is 0 Å². The lowest BCUT2D eigenvalue weighted by Crippen LogP contribution is -2.44. The van der Waals surface area contributed by atoms with Crippen molar-refractivity contribution in [2.75, 3.05) is 57.7 Å². The topological polar surface area (TPSA) is 66.9 Å². The minimum atomic E-state index is -0.262. The standard InChI is InChI=1S/C19H24N4O3/c1-22-6-8-23(9-7-22)15-4-5-18(20-13-15)21-19(24)14-10-16(25-2)12-17(11-14)26-3/h4-5,10-13H,6-9H2,1-3H3,(H,20,21,24). The largest absolute Gasteiger partial charge is 0.497 e. The Labute approximate surface area is 153 Å². The number of likely N-dealkylation sites (N-methyl/N-ethyl adjacent to an activating group) is 1. The van der Waals surface area contributed by atoms with Gasteiger partial charge in [0.25, 0.3) is 5.91 Å². The molecule has 138 valence electrons. The van der Waals surface area contributed by atoms with Gasteiger partial charge in [-0.25, -0.2) is 4.98 Å². The number of nitrogens with one attached hydrogen (secondary N) is 1. The van der Waals surface area contributed by atoms with Gasteiger partial charge in [0, 0.05) is 37.8 Å². The number of pyridine rings is 1. The lowest BCUT2D eigenvalue weighted by atomic mass is 10.2. The molecule has 7 nitrogen and oxygen atoms in total. The number of hydrogen-bond acceptors (Lipinski definition) is 6. The number of nitrogens with zero attached hydrogens (tertiary/aromatic N) is 3. The number of carbonyl (C=O) groups is 1. The smallest absolute Gasteiger partial charge is 0.257 e. The number of methoxy groups -OCH3 is 2. The van der Waals surface area contributed by atoms with E-state index < -0.39 is 0 Å². The average Bonchev–Trinajstić information content (AvgIpc) is 2.68. The molecule has 0 unspecified atom stereocenters. The lowest BCUT2D eigenvalue weighted by Gasteiger charge is -2.33. The summed E-state index contributed by atoms with van der Waals surface area (Å²) in [4.78, 5) is 21.5. The third-order valence-electron chi connectivity index (χ3n) is 4.47. The minimum Gasteiger partial charge on any atom is -0.497 e. The summed E-state index contributed by atoms with van der Waals surface area (Å²) in [5, 5.41) is 2.81. The van der Waals surface area contributed by atoms with Crippen LogP contribution < -0.4 is 19.7 Å². The van der Waals surface area contributed by atoms with Gasteiger partial charge in [-0.3, -0.25) is 4.79 Å². The van der Waals surface area contributed by atoms with Crippen LogP contribution in [0.3, 0.4) is 0 Å². The van der Waals surface area contributed by atoms with Crippen LogP contribution in [0, 0.1) is 0 Å². The van der Waals surface area contributed by atoms with E-state index in [-0.39, 0.29) is 5.91 Å². The molecule has 7 heteroatoms. The summed E-state index contributed by atoms with van der Waals surface area (Å²) in [6.07, 6.45) is 1.80. The summed E-state index contributed by atoms with van der Waals surface area (Å²) >= 11 is 0. The number of ether oxygens (including phenoxy) is 2. The summed E-state index contributed by atoms with van der Waals surface area (Å²) in [5.74, 6) is 1.37. The number of amides is 1. The molecule has 3 rings (SSSR count). The van der Waals surface area contributed by atoms with Gasteiger partial charge in [-0.05, 0) is 31.3 Å². The van der Waals surface area contributed by atoms with Crippen molar-refractivity contribution < 1.29 is 14.3 Å². The summed E-state index contributed by atoms with van der Waals surface area (Å²) in [6, 6.07) is 8.86. The molecule has 1 aliphatic rings. The van der Waals surface area contributed by atoms with Crippen LogP contribution >= 0.6 is 0 Å². The first-order valence-electron chi connectivity index (χ1n) is 8.53. The second kappa shape index (κ2) is 8.05. The zero-order valence-electron chi connectivity index (χ0n) is 15.4. The maximum absolute atomic E-state index is 12.5. The predicted molar refractivity (Wildman–Crippen MR) is 101 cm³/mol. The third-order valence-corrected chi connectivity index (χ3v) is 4.47. The van der Waals surface area contributed by atoms with E-state index in [2.05, 4.69) is 27.1 Å². The van der Waals surface area contributed by atoms with Crippen LogP contribution in [0.5, 0.6) is 11.5 Å². The summed E-state index contributed by atoms with van der Waals surface area (Å²) < 4.78 is 10.4. The quantitative estimate of drug-likeness (QED) is 0.885. The molecule has 2 heterocycles. The Balaban J connectivity index is 1.68. The fraction of sp³-hybridized carbons (Fsp3) is 0.368. The van der Waals surface area contributed by atoms with E-state index in [4.69, 9.17) is 9.47 Å². The Kier molecular flexibility index (Phi) is 5.58. The Morgan fingerprint density at radius 3 is 2.23 bits per heavy atom. The van der Waals surface area contributed by atoms with Gasteiger partial charge < -0.3 is 24.6 Å². The number of carbonyl (C=O) groups excluding carboxylic acids is 1. The first kappa shape index (κ1) is 18.0. The molecule has 1 N–H and O–H groups in total. The van der Waals surface area contributed by atoms with Crippen molar-refractivity contribution in [3.8, 4) is 11.5 Å². The molecule has 1 amide bonds. The molecular weight excluding hydrogens is 332 g/mol. The minimum absolute atomic E-state index is 0.262. The van der Waals surface area contributed by atoms with E-state index in [9.17, 15) is 4.79 Å². The van der Waals surface area contributed by atoms with Crippen molar-refractivity contribution in [2.45, 2.75) is 0 Å². The number of hydrogen-bond donors (Lipinski definition) is 1. The average molecular weight is 356 g/mol. The molecular formula is C19H24N4O3. The van der Waals surface area contributed by atoms with Crippen LogP contribution in [-0.4, -0.2) is 63.2 Å². The van der Waals surface area contributed by atoms with Crippen molar-refractivity contribution in [1.82, 2.24) is 9.88 Å². The fourth-order valence-corrected chi connectivity index (χ4v) is 2.84. The van der Waals surface area contributed by atoms with Crippen molar-refractivity contribution >= 4 is 17.4 Å². The van der Waals surface area contributed by atoms with Crippen molar-refractivity contribution in [3.05, 3.63) is 42.1 Å². The SMILES string of the molecule is COc1cc(OC)cc(C(=O)Nc2ccc(N3CCN(C)CC3)cn2)c1. The molecule has 1 fully saturated rings. The molecule has 0 spiro atoms. The van der Waals surface area contributed by atoms with Gasteiger partial charge in [0.05, 0.1) is 26.1 Å². The molecule has 0 radical (unpaired) electrons. The molecule has 1 aromatic heterocycles. The Morgan fingerprint density at radius 2 is 1.69 bits per heavy atom. The van der Waals surface area contributed by atoms with E-state index >= 15 is 0 Å². The highest BCUT2D eigenvalue weighted by Crippen LogP contribution is 2.23. The van der Waals surface area contributed by atoms with E-state index in [1.54, 1.807) is 38.6 Å². The highest BCUT2D eigenvalue weighted by atomic mass is 16.5. The van der Waals surface area contributed by atoms with Gasteiger partial charge in [-0.2, -0.15) is 0 Å². The van der Waals surface area contributed by atoms with E-state index in [1.165, 1.54) is 0 Å². The normalized spacial score (nSPS) is 14.8. The van der Waals surface area contributed by atoms with Gasteiger partial charge in [0.15, 0.2) is 0 Å². The Morgan fingerprint density at radius 1 is 1.04 bits per heavy atom. The third kappa shape index (κ3) is 4.23. The summed E-state index contributed by atoms with van der Waals surface area (Å²) in [5.41, 5.74) is 1.52. The van der Waals surface area contributed by atoms with Crippen molar-refractivity contribution in [2.24, 2.45) is 0 Å². The molecule has 2 aromatic rings. The van der Waals surface area contributed by atoms with Crippen molar-refractivity contribution in [3.63, 3.8) is 0 Å². The van der Waals surface area contributed by atoms with Crippen LogP contribution in [0.15, 0.2) is 36.5 Å². The molecule has 0 saturated carbocycles. The van der Waals surface area contributed by atoms with Crippen LogP contribution in [0.1, 0.15) is 10.4 Å². The van der Waals surface area contributed by atoms with Crippen LogP contribution in [-0.2, 0) is 0 Å². The molecule has 1 aliphatic heterocycles. The van der Waals surface area contributed by atoms with Gasteiger partial charge in [-0.15, -0.1) is 0 Å².